The van der Waals surface area contributed by atoms with E-state index in [2.05, 4.69) is 18.8 Å². The largest absolute Gasteiger partial charge is 0.460 e. The second kappa shape index (κ2) is 8.16. The zero-order valence-corrected chi connectivity index (χ0v) is 13.5. The van der Waals surface area contributed by atoms with Gasteiger partial charge in [-0.25, -0.2) is 0 Å². The van der Waals surface area contributed by atoms with Gasteiger partial charge in [0, 0.05) is 13.0 Å². The van der Waals surface area contributed by atoms with Crippen molar-refractivity contribution in [2.24, 2.45) is 0 Å². The molecule has 0 aliphatic rings. The van der Waals surface area contributed by atoms with Crippen LogP contribution in [0.1, 0.15) is 40.0 Å². The Morgan fingerprint density at radius 1 is 1.33 bits per heavy atom. The van der Waals surface area contributed by atoms with E-state index in [0.717, 1.165) is 0 Å². The molecule has 5 nitrogen and oxygen atoms in total. The van der Waals surface area contributed by atoms with Crippen LogP contribution in [-0.4, -0.2) is 39.5 Å². The second-order valence-corrected chi connectivity index (χ2v) is 7.11. The Morgan fingerprint density at radius 2 is 1.89 bits per heavy atom. The van der Waals surface area contributed by atoms with E-state index in [1.54, 1.807) is 25.2 Å². The van der Waals surface area contributed by atoms with Crippen LogP contribution in [0.2, 0.25) is 0 Å². The maximum absolute atomic E-state index is 11.5. The van der Waals surface area contributed by atoms with Crippen LogP contribution in [0, 0.1) is 0 Å². The zero-order valence-electron chi connectivity index (χ0n) is 11.2. The Balaban J connectivity index is 3.93. The molecule has 0 aliphatic heterocycles. The van der Waals surface area contributed by atoms with Crippen LogP contribution < -0.4 is 0 Å². The van der Waals surface area contributed by atoms with Gasteiger partial charge in [-0.15, -0.1) is 0 Å². The number of rotatable bonds is 7. The van der Waals surface area contributed by atoms with Crippen molar-refractivity contribution in [1.29, 1.82) is 0 Å². The highest BCUT2D eigenvalue weighted by Crippen LogP contribution is 2.12. The van der Waals surface area contributed by atoms with Gasteiger partial charge in [0.25, 0.3) is 0 Å². The number of aliphatic hydroxyl groups is 1. The lowest BCUT2D eigenvalue weighted by atomic mass is 10.1. The molecule has 0 saturated carbocycles. The molecule has 3 atom stereocenters. The Hall–Kier alpha value is -0.0800. The van der Waals surface area contributed by atoms with Crippen LogP contribution in [0.5, 0.6) is 0 Å². The predicted molar refractivity (Wildman–Crippen MR) is 76.8 cm³/mol. The van der Waals surface area contributed by atoms with Gasteiger partial charge in [-0.05, 0) is 27.2 Å². The van der Waals surface area contributed by atoms with Gasteiger partial charge in [-0.3, -0.25) is 14.0 Å². The standard InChI is InChI=1S/C11H23NO4P2/c1-11(2,3)16-10(15)7-9(14)6-8(13)4-5-12(17)18/h8,13H,4-7,17-18H2,1-3H3/t8-/m1/s1. The molecular formula is C11H23NO4P2. The first-order valence-corrected chi connectivity index (χ1v) is 6.82. The number of carbonyl (C=O) groups is 2. The number of aliphatic hydroxyl groups excluding tert-OH is 1. The molecular weight excluding hydrogens is 272 g/mol. The number of ketones is 1. The SMILES string of the molecule is CC(C)(C)OC(=O)CC(=O)C[C@H](O)CCN(P)P. The number of esters is 1. The van der Waals surface area contributed by atoms with E-state index in [1.165, 1.54) is 0 Å². The molecule has 0 aliphatic carbocycles. The third kappa shape index (κ3) is 11.0. The van der Waals surface area contributed by atoms with Crippen molar-refractivity contribution in [2.45, 2.75) is 51.7 Å². The first kappa shape index (κ1) is 17.9. The van der Waals surface area contributed by atoms with E-state index in [9.17, 15) is 14.7 Å². The summed E-state index contributed by atoms with van der Waals surface area (Å²) in [7, 11) is 4.88. The molecule has 2 unspecified atom stereocenters. The van der Waals surface area contributed by atoms with Crippen molar-refractivity contribution in [2.75, 3.05) is 6.54 Å². The average Bonchev–Trinajstić information content (AvgIpc) is 2.10. The zero-order chi connectivity index (χ0) is 14.3. The Morgan fingerprint density at radius 3 is 2.33 bits per heavy atom. The molecule has 0 spiro atoms. The average molecular weight is 295 g/mol. The van der Waals surface area contributed by atoms with Gasteiger partial charge >= 0.3 is 5.97 Å². The van der Waals surface area contributed by atoms with E-state index >= 15 is 0 Å². The van der Waals surface area contributed by atoms with Crippen LogP contribution in [-0.2, 0) is 14.3 Å². The number of Topliss-reactive ketones (excluding diaryl/α,β-unsaturated/α-hetero) is 1. The molecule has 0 heterocycles. The van der Waals surface area contributed by atoms with Gasteiger partial charge < -0.3 is 9.84 Å². The third-order valence-corrected chi connectivity index (χ3v) is 2.46. The predicted octanol–water partition coefficient (Wildman–Crippen LogP) is 1.31. The molecule has 0 aromatic rings. The van der Waals surface area contributed by atoms with Gasteiger partial charge in [-0.1, -0.05) is 18.8 Å². The minimum absolute atomic E-state index is 0.0115. The third-order valence-electron chi connectivity index (χ3n) is 1.95. The van der Waals surface area contributed by atoms with Crippen LogP contribution in [0.15, 0.2) is 0 Å². The normalized spacial score (nSPS) is 13.5. The van der Waals surface area contributed by atoms with E-state index in [1.807, 2.05) is 0 Å². The molecule has 0 bridgehead atoms. The molecule has 0 amide bonds. The van der Waals surface area contributed by atoms with E-state index in [-0.39, 0.29) is 18.6 Å². The van der Waals surface area contributed by atoms with Gasteiger partial charge in [0.05, 0.1) is 6.10 Å². The molecule has 0 rings (SSSR count). The summed E-state index contributed by atoms with van der Waals surface area (Å²) >= 11 is 0. The summed E-state index contributed by atoms with van der Waals surface area (Å²) in [4.78, 5) is 22.9. The maximum Gasteiger partial charge on any atom is 0.313 e. The molecule has 18 heavy (non-hydrogen) atoms. The number of hydrogen-bond acceptors (Lipinski definition) is 5. The molecule has 0 aromatic carbocycles. The van der Waals surface area contributed by atoms with Crippen molar-refractivity contribution in [3.63, 3.8) is 0 Å². The molecule has 0 aromatic heterocycles. The summed E-state index contributed by atoms with van der Waals surface area (Å²) in [6.45, 7) is 5.88. The maximum atomic E-state index is 11.5. The number of hydrogen-bond donors (Lipinski definition) is 1. The van der Waals surface area contributed by atoms with Crippen molar-refractivity contribution in [3.05, 3.63) is 0 Å². The Labute approximate surface area is 113 Å². The van der Waals surface area contributed by atoms with E-state index in [0.29, 0.717) is 13.0 Å². The van der Waals surface area contributed by atoms with Crippen molar-refractivity contribution >= 4 is 30.5 Å². The number of nitrogens with zero attached hydrogens (tertiary/aromatic N) is 1. The summed E-state index contributed by atoms with van der Waals surface area (Å²) < 4.78 is 6.80. The number of ether oxygens (including phenoxy) is 1. The van der Waals surface area contributed by atoms with Gasteiger partial charge in [0.1, 0.15) is 17.8 Å². The molecule has 0 radical (unpaired) electrons. The molecule has 0 fully saturated rings. The molecule has 7 heteroatoms. The molecule has 106 valence electrons. The fourth-order valence-electron chi connectivity index (χ4n) is 1.27. The highest BCUT2D eigenvalue weighted by molar-refractivity contribution is 7.30. The Bertz CT molecular complexity index is 289. The fourth-order valence-corrected chi connectivity index (χ4v) is 1.57. The Kier molecular flexibility index (Phi) is 8.13. The molecule has 1 N–H and O–H groups in total. The van der Waals surface area contributed by atoms with Crippen molar-refractivity contribution in [1.82, 2.24) is 4.44 Å². The lowest BCUT2D eigenvalue weighted by molar-refractivity contribution is -0.156. The van der Waals surface area contributed by atoms with Crippen LogP contribution in [0.3, 0.4) is 0 Å². The highest BCUT2D eigenvalue weighted by atomic mass is 31.1. The lowest BCUT2D eigenvalue weighted by Crippen LogP contribution is -2.26. The fraction of sp³-hybridized carbons (Fsp3) is 0.818. The van der Waals surface area contributed by atoms with Crippen molar-refractivity contribution < 1.29 is 19.4 Å². The first-order valence-electron chi connectivity index (χ1n) is 5.78. The minimum Gasteiger partial charge on any atom is -0.460 e. The lowest BCUT2D eigenvalue weighted by Gasteiger charge is -2.19. The summed E-state index contributed by atoms with van der Waals surface area (Å²) in [5.41, 5.74) is -0.588. The van der Waals surface area contributed by atoms with Crippen LogP contribution in [0.4, 0.5) is 0 Å². The number of carbonyl (C=O) groups excluding carboxylic acids is 2. The summed E-state index contributed by atoms with van der Waals surface area (Å²) in [6.07, 6.45) is -0.529. The molecule has 0 saturated heterocycles. The van der Waals surface area contributed by atoms with Gasteiger partial charge in [0.2, 0.25) is 0 Å². The van der Waals surface area contributed by atoms with E-state index < -0.39 is 17.7 Å². The van der Waals surface area contributed by atoms with Crippen LogP contribution >= 0.6 is 18.8 Å². The highest BCUT2D eigenvalue weighted by Gasteiger charge is 2.20. The summed E-state index contributed by atoms with van der Waals surface area (Å²) in [5.74, 6) is -0.839. The van der Waals surface area contributed by atoms with Crippen LogP contribution in [0.25, 0.3) is 0 Å². The monoisotopic (exact) mass is 295 g/mol. The minimum atomic E-state index is -0.719. The summed E-state index contributed by atoms with van der Waals surface area (Å²) in [6, 6.07) is 0. The topological polar surface area (TPSA) is 66.8 Å². The second-order valence-electron chi connectivity index (χ2n) is 5.19. The smallest absolute Gasteiger partial charge is 0.313 e. The van der Waals surface area contributed by atoms with Gasteiger partial charge in [0.15, 0.2) is 0 Å². The summed E-state index contributed by atoms with van der Waals surface area (Å²) in [5, 5.41) is 9.60. The van der Waals surface area contributed by atoms with E-state index in [4.69, 9.17) is 4.74 Å². The first-order chi connectivity index (χ1) is 8.10. The quantitative estimate of drug-likeness (QED) is 0.436. The van der Waals surface area contributed by atoms with Crippen molar-refractivity contribution in [3.8, 4) is 0 Å². The van der Waals surface area contributed by atoms with Gasteiger partial charge in [-0.2, -0.15) is 0 Å².